The van der Waals surface area contributed by atoms with Crippen LogP contribution in [0.5, 0.6) is 0 Å². The van der Waals surface area contributed by atoms with Crippen LogP contribution in [0.4, 0.5) is 0 Å². The number of benzene rings is 1. The molecule has 1 heterocycles. The van der Waals surface area contributed by atoms with Gasteiger partial charge >= 0.3 is 0 Å². The van der Waals surface area contributed by atoms with Gasteiger partial charge in [-0.1, -0.05) is 6.07 Å². The first kappa shape index (κ1) is 13.5. The van der Waals surface area contributed by atoms with Crippen LogP contribution >= 0.6 is 0 Å². The largest absolute Gasteiger partial charge is 0.381 e. The molecule has 0 aromatic heterocycles. The van der Waals surface area contributed by atoms with Crippen molar-refractivity contribution in [2.75, 3.05) is 13.2 Å². The van der Waals surface area contributed by atoms with Gasteiger partial charge < -0.3 is 4.74 Å². The summed E-state index contributed by atoms with van der Waals surface area (Å²) in [4.78, 5) is 0.00803. The molecule has 0 bridgehead atoms. The second-order valence-electron chi connectivity index (χ2n) is 4.81. The molecule has 0 spiro atoms. The van der Waals surface area contributed by atoms with Crippen molar-refractivity contribution in [1.82, 2.24) is 0 Å². The summed E-state index contributed by atoms with van der Waals surface area (Å²) in [5, 5.41) is 0. The molecule has 1 N–H and O–H groups in total. The lowest BCUT2D eigenvalue weighted by Gasteiger charge is -2.26. The van der Waals surface area contributed by atoms with E-state index >= 15 is 0 Å². The van der Waals surface area contributed by atoms with Crippen LogP contribution in [0.1, 0.15) is 35.4 Å². The summed E-state index contributed by atoms with van der Waals surface area (Å²) in [6.45, 7) is 5.11. The predicted octanol–water partition coefficient (Wildman–Crippen LogP) is 2.44. The Morgan fingerprint density at radius 2 is 2.06 bits per heavy atom. The highest BCUT2D eigenvalue weighted by Crippen LogP contribution is 2.33. The summed E-state index contributed by atoms with van der Waals surface area (Å²) in [6, 6.07) is 3.22. The quantitative estimate of drug-likeness (QED) is 0.838. The molecular weight excluding hydrogens is 252 g/mol. The van der Waals surface area contributed by atoms with Crippen LogP contribution in [-0.2, 0) is 14.9 Å². The molecule has 1 aromatic carbocycles. The molecule has 18 heavy (non-hydrogen) atoms. The van der Waals surface area contributed by atoms with E-state index in [-0.39, 0.29) is 10.8 Å². The summed E-state index contributed by atoms with van der Waals surface area (Å²) in [6.07, 6.45) is 1.98. The molecule has 1 atom stereocenters. The van der Waals surface area contributed by atoms with E-state index in [1.165, 1.54) is 6.07 Å². The average Bonchev–Trinajstić information content (AvgIpc) is 2.28. The third-order valence-corrected chi connectivity index (χ3v) is 4.53. The molecule has 4 nitrogen and oxygen atoms in total. The van der Waals surface area contributed by atoms with Crippen molar-refractivity contribution < 1.29 is 17.7 Å². The zero-order valence-electron chi connectivity index (χ0n) is 10.6. The van der Waals surface area contributed by atoms with E-state index in [4.69, 9.17) is 4.74 Å². The van der Waals surface area contributed by atoms with E-state index in [0.717, 1.165) is 30.6 Å². The maximum absolute atomic E-state index is 11.3. The molecule has 0 amide bonds. The fourth-order valence-corrected chi connectivity index (χ4v) is 3.46. The van der Waals surface area contributed by atoms with E-state index in [9.17, 15) is 13.0 Å². The summed E-state index contributed by atoms with van der Waals surface area (Å²) in [5.41, 5.74) is 2.70. The fraction of sp³-hybridized carbons (Fsp3) is 0.538. The number of aryl methyl sites for hydroxylation is 1. The van der Waals surface area contributed by atoms with Crippen LogP contribution < -0.4 is 0 Å². The lowest BCUT2D eigenvalue weighted by molar-refractivity contribution is 0.0800. The first-order chi connectivity index (χ1) is 8.41. The topological polar surface area (TPSA) is 63.6 Å². The second-order valence-corrected chi connectivity index (χ2v) is 6.20. The fourth-order valence-electron chi connectivity index (χ4n) is 2.72. The van der Waals surface area contributed by atoms with Crippen LogP contribution in [0, 0.1) is 13.8 Å². The van der Waals surface area contributed by atoms with Gasteiger partial charge in [-0.25, -0.2) is 0 Å². The van der Waals surface area contributed by atoms with Gasteiger partial charge in [0.15, 0.2) is 0 Å². The van der Waals surface area contributed by atoms with Crippen LogP contribution in [0.25, 0.3) is 0 Å². The number of ether oxygens (including phenoxy) is 1. The standard InChI is InChI=1S/C13H18O4S/c1-9-5-6-12(18(14,15)16)10(2)13(9)11-4-3-7-17-8-11/h5-6,11H,3-4,7-8H2,1-2H3,(H,14,15,16). The van der Waals surface area contributed by atoms with Gasteiger partial charge in [-0.05, 0) is 49.4 Å². The van der Waals surface area contributed by atoms with Gasteiger partial charge in [-0.2, -0.15) is 8.42 Å². The molecular formula is C13H18O4S. The van der Waals surface area contributed by atoms with E-state index < -0.39 is 10.1 Å². The smallest absolute Gasteiger partial charge is 0.294 e. The van der Waals surface area contributed by atoms with Crippen LogP contribution in [0.15, 0.2) is 17.0 Å². The molecule has 1 aliphatic heterocycles. The average molecular weight is 270 g/mol. The van der Waals surface area contributed by atoms with Crippen molar-refractivity contribution in [2.24, 2.45) is 0 Å². The van der Waals surface area contributed by atoms with Crippen molar-refractivity contribution in [2.45, 2.75) is 37.5 Å². The molecule has 1 saturated heterocycles. The highest BCUT2D eigenvalue weighted by atomic mass is 32.2. The van der Waals surface area contributed by atoms with Gasteiger partial charge in [0.2, 0.25) is 0 Å². The number of hydrogen-bond acceptors (Lipinski definition) is 3. The van der Waals surface area contributed by atoms with E-state index in [0.29, 0.717) is 12.2 Å². The highest BCUT2D eigenvalue weighted by Gasteiger charge is 2.24. The van der Waals surface area contributed by atoms with Crippen molar-refractivity contribution in [1.29, 1.82) is 0 Å². The van der Waals surface area contributed by atoms with Gasteiger partial charge in [-0.15, -0.1) is 0 Å². The van der Waals surface area contributed by atoms with E-state index in [2.05, 4.69) is 0 Å². The lowest BCUT2D eigenvalue weighted by atomic mass is 9.87. The van der Waals surface area contributed by atoms with Gasteiger partial charge in [0.05, 0.1) is 11.5 Å². The first-order valence-electron chi connectivity index (χ1n) is 6.06. The third-order valence-electron chi connectivity index (χ3n) is 3.53. The summed E-state index contributed by atoms with van der Waals surface area (Å²) < 4.78 is 37.3. The maximum Gasteiger partial charge on any atom is 0.294 e. The number of rotatable bonds is 2. The van der Waals surface area contributed by atoms with E-state index in [1.54, 1.807) is 13.0 Å². The summed E-state index contributed by atoms with van der Waals surface area (Å²) in [7, 11) is -4.15. The van der Waals surface area contributed by atoms with Gasteiger partial charge in [0.1, 0.15) is 0 Å². The Hall–Kier alpha value is -0.910. The predicted molar refractivity (Wildman–Crippen MR) is 68.5 cm³/mol. The molecule has 0 radical (unpaired) electrons. The minimum atomic E-state index is -4.15. The van der Waals surface area contributed by atoms with Gasteiger partial charge in [0.25, 0.3) is 10.1 Å². The molecule has 1 aromatic rings. The van der Waals surface area contributed by atoms with Gasteiger partial charge in [-0.3, -0.25) is 4.55 Å². The van der Waals surface area contributed by atoms with E-state index in [1.807, 2.05) is 6.92 Å². The summed E-state index contributed by atoms with van der Waals surface area (Å²) in [5.74, 6) is 0.223. The molecule has 1 unspecified atom stereocenters. The molecule has 1 aliphatic rings. The van der Waals surface area contributed by atoms with Crippen LogP contribution in [-0.4, -0.2) is 26.2 Å². The van der Waals surface area contributed by atoms with Crippen molar-refractivity contribution >= 4 is 10.1 Å². The molecule has 2 rings (SSSR count). The van der Waals surface area contributed by atoms with Gasteiger partial charge in [0, 0.05) is 12.5 Å². The monoisotopic (exact) mass is 270 g/mol. The Bertz CT molecular complexity index is 542. The minimum Gasteiger partial charge on any atom is -0.381 e. The molecule has 100 valence electrons. The van der Waals surface area contributed by atoms with Crippen LogP contribution in [0.3, 0.4) is 0 Å². The molecule has 5 heteroatoms. The van der Waals surface area contributed by atoms with Crippen LogP contribution in [0.2, 0.25) is 0 Å². The normalized spacial score (nSPS) is 20.9. The Balaban J connectivity index is 2.52. The van der Waals surface area contributed by atoms with Crippen molar-refractivity contribution in [3.8, 4) is 0 Å². The maximum atomic E-state index is 11.3. The molecule has 1 fully saturated rings. The third kappa shape index (κ3) is 2.58. The Labute approximate surface area is 108 Å². The highest BCUT2D eigenvalue weighted by molar-refractivity contribution is 7.85. The minimum absolute atomic E-state index is 0.00803. The SMILES string of the molecule is Cc1ccc(S(=O)(=O)O)c(C)c1C1CCCOC1. The Morgan fingerprint density at radius 1 is 1.33 bits per heavy atom. The Kier molecular flexibility index (Phi) is 3.75. The zero-order valence-corrected chi connectivity index (χ0v) is 11.5. The molecule has 0 aliphatic carbocycles. The first-order valence-corrected chi connectivity index (χ1v) is 7.50. The second kappa shape index (κ2) is 4.99. The number of hydrogen-bond donors (Lipinski definition) is 1. The van der Waals surface area contributed by atoms with Crippen molar-refractivity contribution in [3.63, 3.8) is 0 Å². The van der Waals surface area contributed by atoms with Crippen molar-refractivity contribution in [3.05, 3.63) is 28.8 Å². The lowest BCUT2D eigenvalue weighted by Crippen LogP contribution is -2.18. The molecule has 0 saturated carbocycles. The zero-order chi connectivity index (χ0) is 13.3. The summed E-state index contributed by atoms with van der Waals surface area (Å²) >= 11 is 0. The Morgan fingerprint density at radius 3 is 2.61 bits per heavy atom.